The zero-order valence-electron chi connectivity index (χ0n) is 24.3. The van der Waals surface area contributed by atoms with Gasteiger partial charge in [-0.05, 0) is 16.7 Å². The number of hydrogen-bond acceptors (Lipinski definition) is 10. The molecule has 1 saturated heterocycles. The monoisotopic (exact) mass is 590 g/mol. The number of carbonyl (C=O) groups excluding carboxylic acids is 4. The van der Waals surface area contributed by atoms with Crippen molar-refractivity contribution in [2.75, 3.05) is 6.61 Å². The Morgan fingerprint density at radius 1 is 0.558 bits per heavy atom. The van der Waals surface area contributed by atoms with E-state index in [9.17, 15) is 19.2 Å². The first-order valence-corrected chi connectivity index (χ1v) is 13.8. The van der Waals surface area contributed by atoms with Gasteiger partial charge in [0, 0.05) is 27.7 Å². The molecule has 10 nitrogen and oxygen atoms in total. The second-order valence-electron chi connectivity index (χ2n) is 9.96. The molecule has 0 saturated carbocycles. The van der Waals surface area contributed by atoms with Crippen molar-refractivity contribution >= 4 is 23.9 Å². The zero-order chi connectivity index (χ0) is 31.0. The summed E-state index contributed by atoms with van der Waals surface area (Å²) in [5.74, 6) is -2.93. The van der Waals surface area contributed by atoms with Crippen molar-refractivity contribution in [3.63, 3.8) is 0 Å². The SMILES string of the molecule is CC(=O)O[C@H]1O[C@H](COC(c2ccccc2)(c2ccccc2)c2ccccc2)[C@H](OC(C)=O)[C@@H](OC(C)=O)[C@H]1OC(C)=O. The van der Waals surface area contributed by atoms with E-state index in [4.69, 9.17) is 28.4 Å². The third-order valence-electron chi connectivity index (χ3n) is 6.78. The third kappa shape index (κ3) is 7.46. The minimum Gasteiger partial charge on any atom is -0.456 e. The van der Waals surface area contributed by atoms with Gasteiger partial charge in [-0.1, -0.05) is 91.0 Å². The maximum absolute atomic E-state index is 12.3. The molecule has 3 aromatic rings. The average molecular weight is 591 g/mol. The molecule has 0 bridgehead atoms. The van der Waals surface area contributed by atoms with Crippen molar-refractivity contribution < 1.29 is 47.6 Å². The molecule has 0 radical (unpaired) electrons. The van der Waals surface area contributed by atoms with Crippen molar-refractivity contribution in [3.8, 4) is 0 Å². The first-order chi connectivity index (χ1) is 20.6. The Kier molecular flexibility index (Phi) is 10.3. The minimum absolute atomic E-state index is 0.237. The van der Waals surface area contributed by atoms with Gasteiger partial charge in [-0.2, -0.15) is 0 Å². The van der Waals surface area contributed by atoms with Crippen molar-refractivity contribution in [2.24, 2.45) is 0 Å². The molecule has 0 aliphatic carbocycles. The molecule has 0 amide bonds. The Balaban J connectivity index is 1.83. The third-order valence-corrected chi connectivity index (χ3v) is 6.78. The molecule has 1 fully saturated rings. The van der Waals surface area contributed by atoms with Crippen LogP contribution in [0, 0.1) is 0 Å². The number of benzene rings is 3. The van der Waals surface area contributed by atoms with E-state index in [0.29, 0.717) is 0 Å². The van der Waals surface area contributed by atoms with E-state index >= 15 is 0 Å². The number of ether oxygens (including phenoxy) is 6. The van der Waals surface area contributed by atoms with Gasteiger partial charge in [0.1, 0.15) is 11.7 Å². The van der Waals surface area contributed by atoms with Crippen LogP contribution in [0.1, 0.15) is 44.4 Å². The minimum atomic E-state index is -1.49. The van der Waals surface area contributed by atoms with Crippen molar-refractivity contribution in [1.29, 1.82) is 0 Å². The Hall–Kier alpha value is -4.54. The number of rotatable bonds is 10. The Morgan fingerprint density at radius 2 is 0.930 bits per heavy atom. The van der Waals surface area contributed by atoms with Crippen LogP contribution >= 0.6 is 0 Å². The van der Waals surface area contributed by atoms with Gasteiger partial charge >= 0.3 is 23.9 Å². The Labute approximate surface area is 249 Å². The lowest BCUT2D eigenvalue weighted by Crippen LogP contribution is -2.63. The van der Waals surface area contributed by atoms with Crippen LogP contribution in [-0.2, 0) is 53.2 Å². The summed E-state index contributed by atoms with van der Waals surface area (Å²) in [6.07, 6.45) is -6.73. The van der Waals surface area contributed by atoms with E-state index < -0.39 is 60.2 Å². The van der Waals surface area contributed by atoms with Gasteiger partial charge in [0.25, 0.3) is 0 Å². The Morgan fingerprint density at radius 3 is 1.33 bits per heavy atom. The molecule has 226 valence electrons. The van der Waals surface area contributed by atoms with Gasteiger partial charge in [-0.25, -0.2) is 0 Å². The van der Waals surface area contributed by atoms with E-state index in [0.717, 1.165) is 37.5 Å². The fourth-order valence-corrected chi connectivity index (χ4v) is 5.22. The molecule has 0 unspecified atom stereocenters. The highest BCUT2D eigenvalue weighted by atomic mass is 16.7. The van der Waals surface area contributed by atoms with Crippen LogP contribution < -0.4 is 0 Å². The summed E-state index contributed by atoms with van der Waals surface area (Å²) in [6, 6.07) is 28.7. The summed E-state index contributed by atoms with van der Waals surface area (Å²) in [6.45, 7) is 4.40. The van der Waals surface area contributed by atoms with Gasteiger partial charge in [0.2, 0.25) is 12.4 Å². The molecular weight excluding hydrogens is 556 g/mol. The smallest absolute Gasteiger partial charge is 0.305 e. The molecule has 3 aromatic carbocycles. The van der Waals surface area contributed by atoms with Crippen LogP contribution in [0.15, 0.2) is 91.0 Å². The van der Waals surface area contributed by atoms with Crippen molar-refractivity contribution in [3.05, 3.63) is 108 Å². The quantitative estimate of drug-likeness (QED) is 0.194. The van der Waals surface area contributed by atoms with E-state index in [1.165, 1.54) is 6.92 Å². The van der Waals surface area contributed by atoms with Crippen LogP contribution in [-0.4, -0.2) is 61.2 Å². The molecule has 10 heteroatoms. The van der Waals surface area contributed by atoms with Crippen LogP contribution in [0.25, 0.3) is 0 Å². The number of esters is 4. The maximum Gasteiger partial charge on any atom is 0.305 e. The molecule has 0 N–H and O–H groups in total. The van der Waals surface area contributed by atoms with Crippen molar-refractivity contribution in [2.45, 2.75) is 64.0 Å². The van der Waals surface area contributed by atoms with E-state index in [1.54, 1.807) is 0 Å². The molecule has 1 heterocycles. The summed E-state index contributed by atoms with van der Waals surface area (Å²) in [5.41, 5.74) is 1.24. The lowest BCUT2D eigenvalue weighted by atomic mass is 9.80. The highest BCUT2D eigenvalue weighted by molar-refractivity contribution is 5.69. The van der Waals surface area contributed by atoms with Gasteiger partial charge in [0.05, 0.1) is 6.61 Å². The lowest BCUT2D eigenvalue weighted by molar-refractivity contribution is -0.303. The number of hydrogen-bond donors (Lipinski definition) is 0. The fourth-order valence-electron chi connectivity index (χ4n) is 5.22. The molecule has 1 aliphatic rings. The predicted octanol–water partition coefficient (Wildman–Crippen LogP) is 4.08. The van der Waals surface area contributed by atoms with Crippen LogP contribution in [0.4, 0.5) is 0 Å². The second kappa shape index (κ2) is 14.1. The normalized spacial score (nSPS) is 21.7. The first-order valence-electron chi connectivity index (χ1n) is 13.8. The molecule has 5 atom stereocenters. The van der Waals surface area contributed by atoms with Crippen LogP contribution in [0.2, 0.25) is 0 Å². The largest absolute Gasteiger partial charge is 0.456 e. The topological polar surface area (TPSA) is 124 Å². The summed E-state index contributed by atoms with van der Waals surface area (Å²) in [4.78, 5) is 48.6. The van der Waals surface area contributed by atoms with Gasteiger partial charge in [0.15, 0.2) is 12.2 Å². The highest BCUT2D eigenvalue weighted by Gasteiger charge is 2.54. The second-order valence-corrected chi connectivity index (χ2v) is 9.96. The summed E-state index contributed by atoms with van der Waals surface area (Å²) < 4.78 is 34.9. The van der Waals surface area contributed by atoms with Crippen LogP contribution in [0.5, 0.6) is 0 Å². The molecule has 4 rings (SSSR count). The van der Waals surface area contributed by atoms with E-state index in [2.05, 4.69) is 0 Å². The van der Waals surface area contributed by atoms with Gasteiger partial charge < -0.3 is 28.4 Å². The average Bonchev–Trinajstić information content (AvgIpc) is 2.97. The summed E-state index contributed by atoms with van der Waals surface area (Å²) in [7, 11) is 0. The molecule has 0 spiro atoms. The predicted molar refractivity (Wildman–Crippen MR) is 152 cm³/mol. The van der Waals surface area contributed by atoms with Crippen LogP contribution in [0.3, 0.4) is 0 Å². The molecule has 1 aliphatic heterocycles. The van der Waals surface area contributed by atoms with Gasteiger partial charge in [-0.3, -0.25) is 19.2 Å². The van der Waals surface area contributed by atoms with Gasteiger partial charge in [-0.15, -0.1) is 0 Å². The standard InChI is InChI=1S/C33H34O10/c1-21(34)39-29-28(43-32(42-24(4)37)31(41-23(3)36)30(29)40-22(2)35)20-38-33(25-14-8-5-9-15-25,26-16-10-6-11-17-26)27-18-12-7-13-19-27/h5-19,28-32H,20H2,1-4H3/t28-,29+,30-,31-,32+/m1/s1. The summed E-state index contributed by atoms with van der Waals surface area (Å²) in [5, 5.41) is 0. The molecule has 0 aromatic heterocycles. The van der Waals surface area contributed by atoms with E-state index in [-0.39, 0.29) is 6.61 Å². The first kappa shape index (κ1) is 31.4. The van der Waals surface area contributed by atoms with E-state index in [1.807, 2.05) is 91.0 Å². The highest BCUT2D eigenvalue weighted by Crippen LogP contribution is 2.41. The lowest BCUT2D eigenvalue weighted by Gasteiger charge is -2.45. The fraction of sp³-hybridized carbons (Fsp3) is 0.333. The molecular formula is C33H34O10. The Bertz CT molecular complexity index is 1300. The summed E-state index contributed by atoms with van der Waals surface area (Å²) >= 11 is 0. The van der Waals surface area contributed by atoms with Crippen molar-refractivity contribution in [1.82, 2.24) is 0 Å². The zero-order valence-corrected chi connectivity index (χ0v) is 24.3. The maximum atomic E-state index is 12.3. The number of carbonyl (C=O) groups is 4. The molecule has 43 heavy (non-hydrogen) atoms.